The van der Waals surface area contributed by atoms with Crippen molar-refractivity contribution < 1.29 is 22.7 Å². The number of carbonyl (C=O) groups is 1. The summed E-state index contributed by atoms with van der Waals surface area (Å²) < 4.78 is 41.6. The number of alkyl halides is 3. The average molecular weight is 375 g/mol. The second-order valence-electron chi connectivity index (χ2n) is 5.95. The van der Waals surface area contributed by atoms with Gasteiger partial charge in [0.25, 0.3) is 0 Å². The first kappa shape index (κ1) is 19.0. The molecule has 2 aromatic rings. The number of thioether (sulfide) groups is 1. The summed E-state index contributed by atoms with van der Waals surface area (Å²) >= 11 is 1.16. The lowest BCUT2D eigenvalue weighted by Gasteiger charge is -2.19. The first-order valence-corrected chi connectivity index (χ1v) is 8.10. The van der Waals surface area contributed by atoms with Crippen molar-refractivity contribution >= 4 is 23.4 Å². The molecule has 0 fully saturated rings. The normalized spacial score (nSPS) is 12.1. The third kappa shape index (κ3) is 5.93. The summed E-state index contributed by atoms with van der Waals surface area (Å²) in [5.41, 5.74) is 0.0342. The molecule has 0 atom stereocenters. The largest absolute Gasteiger partial charge is 0.573 e. The lowest BCUT2D eigenvalue weighted by Crippen LogP contribution is -2.24. The van der Waals surface area contributed by atoms with E-state index >= 15 is 0 Å². The summed E-state index contributed by atoms with van der Waals surface area (Å²) in [5.74, 6) is -0.640. The molecule has 0 radical (unpaired) electrons. The Morgan fingerprint density at radius 1 is 1.24 bits per heavy atom. The van der Waals surface area contributed by atoms with Gasteiger partial charge in [0.2, 0.25) is 11.1 Å². The van der Waals surface area contributed by atoms with Crippen molar-refractivity contribution in [1.29, 1.82) is 0 Å². The van der Waals surface area contributed by atoms with Crippen molar-refractivity contribution in [3.8, 4) is 5.75 Å². The van der Waals surface area contributed by atoms with Crippen molar-refractivity contribution in [3.05, 3.63) is 24.3 Å². The minimum atomic E-state index is -4.75. The van der Waals surface area contributed by atoms with Crippen molar-refractivity contribution in [1.82, 2.24) is 20.2 Å². The first-order chi connectivity index (χ1) is 11.5. The summed E-state index contributed by atoms with van der Waals surface area (Å²) in [6, 6.07) is 4.89. The second kappa shape index (κ2) is 7.30. The Hall–Kier alpha value is -2.30. The maximum Gasteiger partial charge on any atom is 0.573 e. The molecule has 0 aliphatic heterocycles. The van der Waals surface area contributed by atoms with Gasteiger partial charge in [-0.25, -0.2) is 4.68 Å². The maximum absolute atomic E-state index is 12.1. The molecule has 1 aromatic carbocycles. The number of hydrogen-bond acceptors (Lipinski definition) is 6. The van der Waals surface area contributed by atoms with Crippen LogP contribution in [0.5, 0.6) is 5.75 Å². The molecule has 7 nitrogen and oxygen atoms in total. The third-order valence-electron chi connectivity index (χ3n) is 2.78. The van der Waals surface area contributed by atoms with E-state index in [0.29, 0.717) is 10.8 Å². The van der Waals surface area contributed by atoms with Crippen LogP contribution in [0.4, 0.5) is 18.9 Å². The maximum atomic E-state index is 12.1. The summed E-state index contributed by atoms with van der Waals surface area (Å²) in [6.07, 6.45) is -4.75. The minimum Gasteiger partial charge on any atom is -0.406 e. The molecule has 1 N–H and O–H groups in total. The molecule has 136 valence electrons. The molecule has 0 saturated carbocycles. The van der Waals surface area contributed by atoms with E-state index in [1.54, 1.807) is 4.68 Å². The Morgan fingerprint density at radius 2 is 1.88 bits per heavy atom. The molecule has 0 spiro atoms. The number of benzene rings is 1. The standard InChI is InChI=1S/C14H16F3N5O2S/c1-13(2,3)22-12(19-20-21-22)25-8-11(23)18-9-4-6-10(7-5-9)24-14(15,16)17/h4-7H,8H2,1-3H3,(H,18,23). The Bertz CT molecular complexity index is 725. The molecule has 0 unspecified atom stereocenters. The molecule has 0 aliphatic carbocycles. The number of aromatic nitrogens is 4. The van der Waals surface area contributed by atoms with E-state index in [1.165, 1.54) is 12.1 Å². The summed E-state index contributed by atoms with van der Waals surface area (Å²) in [5, 5.41) is 14.4. The molecule has 0 saturated heterocycles. The highest BCUT2D eigenvalue weighted by molar-refractivity contribution is 7.99. The van der Waals surface area contributed by atoms with Gasteiger partial charge in [-0.15, -0.1) is 18.3 Å². The van der Waals surface area contributed by atoms with Crippen LogP contribution in [-0.4, -0.2) is 38.2 Å². The number of tetrazole rings is 1. The average Bonchev–Trinajstić information content (AvgIpc) is 2.94. The SMILES string of the molecule is CC(C)(C)n1nnnc1SCC(=O)Nc1ccc(OC(F)(F)F)cc1. The molecule has 2 rings (SSSR count). The van der Waals surface area contributed by atoms with Gasteiger partial charge in [-0.1, -0.05) is 11.8 Å². The molecule has 1 heterocycles. The van der Waals surface area contributed by atoms with E-state index in [2.05, 4.69) is 25.6 Å². The van der Waals surface area contributed by atoms with Gasteiger partial charge in [-0.3, -0.25) is 4.79 Å². The molecular formula is C14H16F3N5O2S. The van der Waals surface area contributed by atoms with E-state index in [4.69, 9.17) is 0 Å². The fourth-order valence-electron chi connectivity index (χ4n) is 1.76. The van der Waals surface area contributed by atoms with Crippen molar-refractivity contribution in [2.75, 3.05) is 11.1 Å². The van der Waals surface area contributed by atoms with Gasteiger partial charge in [-0.2, -0.15) is 0 Å². The van der Waals surface area contributed by atoms with E-state index in [9.17, 15) is 18.0 Å². The zero-order valence-electron chi connectivity index (χ0n) is 13.7. The van der Waals surface area contributed by atoms with Crippen LogP contribution in [0.3, 0.4) is 0 Å². The fraction of sp³-hybridized carbons (Fsp3) is 0.429. The van der Waals surface area contributed by atoms with Crippen LogP contribution < -0.4 is 10.1 Å². The molecule has 0 bridgehead atoms. The number of halogens is 3. The fourth-order valence-corrected chi connectivity index (χ4v) is 2.62. The third-order valence-corrected chi connectivity index (χ3v) is 3.70. The number of carbonyl (C=O) groups excluding carboxylic acids is 1. The van der Waals surface area contributed by atoms with Crippen LogP contribution in [0.2, 0.25) is 0 Å². The van der Waals surface area contributed by atoms with Crippen molar-refractivity contribution in [2.45, 2.75) is 37.8 Å². The number of hydrogen-bond donors (Lipinski definition) is 1. The molecule has 11 heteroatoms. The number of rotatable bonds is 5. The van der Waals surface area contributed by atoms with Gasteiger partial charge in [0.1, 0.15) is 5.75 Å². The van der Waals surface area contributed by atoms with E-state index in [-0.39, 0.29) is 22.9 Å². The topological polar surface area (TPSA) is 81.9 Å². The summed E-state index contributed by atoms with van der Waals surface area (Å²) in [4.78, 5) is 12.0. The van der Waals surface area contributed by atoms with Crippen LogP contribution in [0.25, 0.3) is 0 Å². The van der Waals surface area contributed by atoms with Gasteiger partial charge in [0, 0.05) is 5.69 Å². The van der Waals surface area contributed by atoms with Crippen LogP contribution in [0.1, 0.15) is 20.8 Å². The van der Waals surface area contributed by atoms with Crippen LogP contribution in [0, 0.1) is 0 Å². The summed E-state index contributed by atoms with van der Waals surface area (Å²) in [6.45, 7) is 5.79. The highest BCUT2D eigenvalue weighted by Crippen LogP contribution is 2.24. The highest BCUT2D eigenvalue weighted by Gasteiger charge is 2.31. The zero-order valence-corrected chi connectivity index (χ0v) is 14.5. The second-order valence-corrected chi connectivity index (χ2v) is 6.90. The van der Waals surface area contributed by atoms with E-state index < -0.39 is 6.36 Å². The zero-order chi connectivity index (χ0) is 18.7. The Morgan fingerprint density at radius 3 is 2.44 bits per heavy atom. The molecule has 1 amide bonds. The number of nitrogens with zero attached hydrogens (tertiary/aromatic N) is 4. The summed E-state index contributed by atoms with van der Waals surface area (Å²) in [7, 11) is 0. The smallest absolute Gasteiger partial charge is 0.406 e. The Balaban J connectivity index is 1.90. The molecule has 0 aliphatic rings. The Kier molecular flexibility index (Phi) is 5.55. The van der Waals surface area contributed by atoms with Crippen LogP contribution in [-0.2, 0) is 10.3 Å². The molecule has 1 aromatic heterocycles. The lowest BCUT2D eigenvalue weighted by atomic mass is 10.1. The minimum absolute atomic E-state index is 0.0528. The Labute approximate surface area is 145 Å². The number of nitrogens with one attached hydrogen (secondary N) is 1. The van der Waals surface area contributed by atoms with Crippen molar-refractivity contribution in [3.63, 3.8) is 0 Å². The van der Waals surface area contributed by atoms with E-state index in [0.717, 1.165) is 23.9 Å². The monoisotopic (exact) mass is 375 g/mol. The van der Waals surface area contributed by atoms with Gasteiger partial charge in [0.15, 0.2) is 0 Å². The predicted octanol–water partition coefficient (Wildman–Crippen LogP) is 3.06. The van der Waals surface area contributed by atoms with Gasteiger partial charge in [0.05, 0.1) is 11.3 Å². The molecular weight excluding hydrogens is 359 g/mol. The van der Waals surface area contributed by atoms with Crippen molar-refractivity contribution in [2.24, 2.45) is 0 Å². The number of anilines is 1. The van der Waals surface area contributed by atoms with Gasteiger partial charge in [-0.05, 0) is 55.5 Å². The highest BCUT2D eigenvalue weighted by atomic mass is 32.2. The first-order valence-electron chi connectivity index (χ1n) is 7.12. The predicted molar refractivity (Wildman–Crippen MR) is 85.3 cm³/mol. The van der Waals surface area contributed by atoms with Gasteiger partial charge >= 0.3 is 6.36 Å². The quantitative estimate of drug-likeness (QED) is 0.809. The van der Waals surface area contributed by atoms with Crippen LogP contribution >= 0.6 is 11.8 Å². The number of ether oxygens (including phenoxy) is 1. The van der Waals surface area contributed by atoms with Gasteiger partial charge < -0.3 is 10.1 Å². The van der Waals surface area contributed by atoms with Crippen LogP contribution in [0.15, 0.2) is 29.4 Å². The lowest BCUT2D eigenvalue weighted by molar-refractivity contribution is -0.274. The molecule has 25 heavy (non-hydrogen) atoms. The number of amides is 1. The van der Waals surface area contributed by atoms with E-state index in [1.807, 2.05) is 20.8 Å².